The molecule has 1 aliphatic rings. The minimum absolute atomic E-state index is 0.239. The molecule has 1 saturated heterocycles. The predicted octanol–water partition coefficient (Wildman–Crippen LogP) is 1.10. The first kappa shape index (κ1) is 15.1. The van der Waals surface area contributed by atoms with Crippen LogP contribution < -0.4 is 10.1 Å². The molecule has 114 valence electrons. The number of carbonyl (C=O) groups is 2. The lowest BCUT2D eigenvalue weighted by atomic mass is 9.99. The Hall–Kier alpha value is -2.31. The molecule has 0 radical (unpaired) electrons. The highest BCUT2D eigenvalue weighted by atomic mass is 16.5. The molecule has 0 aliphatic carbocycles. The Kier molecular flexibility index (Phi) is 4.97. The van der Waals surface area contributed by atoms with Crippen molar-refractivity contribution in [2.45, 2.75) is 19.4 Å². The second-order valence-corrected chi connectivity index (χ2v) is 4.99. The summed E-state index contributed by atoms with van der Waals surface area (Å²) in [4.78, 5) is 28.6. The fraction of sp³-hybridized carbons (Fsp3) is 0.500. The highest BCUT2D eigenvalue weighted by molar-refractivity contribution is 5.76. The van der Waals surface area contributed by atoms with E-state index in [-0.39, 0.29) is 12.6 Å². The Labute approximate surface area is 122 Å². The van der Waals surface area contributed by atoms with Crippen molar-refractivity contribution < 1.29 is 19.4 Å². The SMILES string of the molecule is COc1ccc(CNC(=O)N2CCC[C@H](C(=O)O)C2)cn1. The third-order valence-electron chi connectivity index (χ3n) is 3.51. The summed E-state index contributed by atoms with van der Waals surface area (Å²) in [7, 11) is 1.54. The standard InChI is InChI=1S/C14H19N3O4/c1-21-12-5-4-10(7-15-12)8-16-14(20)17-6-2-3-11(9-17)13(18)19/h4-5,7,11H,2-3,6,8-9H2,1H3,(H,16,20)(H,18,19)/t11-/m0/s1. The number of amides is 2. The lowest BCUT2D eigenvalue weighted by Crippen LogP contribution is -2.46. The number of piperidine rings is 1. The zero-order valence-corrected chi connectivity index (χ0v) is 11.9. The summed E-state index contributed by atoms with van der Waals surface area (Å²) in [5.41, 5.74) is 0.857. The van der Waals surface area contributed by atoms with Gasteiger partial charge in [-0.15, -0.1) is 0 Å². The van der Waals surface area contributed by atoms with Gasteiger partial charge >= 0.3 is 12.0 Å². The van der Waals surface area contributed by atoms with E-state index in [1.54, 1.807) is 24.3 Å². The molecule has 1 aliphatic heterocycles. The molecular formula is C14H19N3O4. The summed E-state index contributed by atoms with van der Waals surface area (Å²) >= 11 is 0. The van der Waals surface area contributed by atoms with E-state index in [2.05, 4.69) is 10.3 Å². The first-order valence-corrected chi connectivity index (χ1v) is 6.84. The van der Waals surface area contributed by atoms with Crippen molar-refractivity contribution in [2.75, 3.05) is 20.2 Å². The Morgan fingerprint density at radius 2 is 2.33 bits per heavy atom. The lowest BCUT2D eigenvalue weighted by Gasteiger charge is -2.30. The second-order valence-electron chi connectivity index (χ2n) is 4.99. The maximum Gasteiger partial charge on any atom is 0.317 e. The molecule has 0 aromatic carbocycles. The third kappa shape index (κ3) is 4.08. The number of hydrogen-bond donors (Lipinski definition) is 2. The number of likely N-dealkylation sites (tertiary alicyclic amines) is 1. The fourth-order valence-corrected chi connectivity index (χ4v) is 2.29. The fourth-order valence-electron chi connectivity index (χ4n) is 2.29. The van der Waals surface area contributed by atoms with Crippen LogP contribution in [0.1, 0.15) is 18.4 Å². The van der Waals surface area contributed by atoms with Gasteiger partial charge in [0.1, 0.15) is 0 Å². The Bertz CT molecular complexity index is 503. The van der Waals surface area contributed by atoms with Crippen LogP contribution in [-0.4, -0.2) is 47.2 Å². The minimum atomic E-state index is -0.841. The van der Waals surface area contributed by atoms with Crippen molar-refractivity contribution in [3.05, 3.63) is 23.9 Å². The minimum Gasteiger partial charge on any atom is -0.481 e. The number of carboxylic acid groups (broad SMARTS) is 1. The normalized spacial score (nSPS) is 18.1. The highest BCUT2D eigenvalue weighted by Crippen LogP contribution is 2.16. The number of aromatic nitrogens is 1. The zero-order chi connectivity index (χ0) is 15.2. The van der Waals surface area contributed by atoms with Crippen molar-refractivity contribution >= 4 is 12.0 Å². The summed E-state index contributed by atoms with van der Waals surface area (Å²) in [5, 5.41) is 11.8. The molecule has 2 N–H and O–H groups in total. The van der Waals surface area contributed by atoms with E-state index in [1.165, 1.54) is 0 Å². The van der Waals surface area contributed by atoms with E-state index in [1.807, 2.05) is 6.07 Å². The number of carboxylic acids is 1. The largest absolute Gasteiger partial charge is 0.481 e. The van der Waals surface area contributed by atoms with Gasteiger partial charge in [0.05, 0.1) is 13.0 Å². The van der Waals surface area contributed by atoms with Crippen LogP contribution in [0.4, 0.5) is 4.79 Å². The molecule has 1 aromatic heterocycles. The summed E-state index contributed by atoms with van der Waals surface area (Å²) in [6, 6.07) is 3.31. The van der Waals surface area contributed by atoms with Crippen LogP contribution in [0.5, 0.6) is 5.88 Å². The topological polar surface area (TPSA) is 91.8 Å². The van der Waals surface area contributed by atoms with Gasteiger partial charge in [0.15, 0.2) is 0 Å². The number of ether oxygens (including phenoxy) is 1. The summed E-state index contributed by atoms with van der Waals surface area (Å²) in [6.45, 7) is 1.21. The van der Waals surface area contributed by atoms with Gasteiger partial charge in [0.2, 0.25) is 5.88 Å². The zero-order valence-electron chi connectivity index (χ0n) is 11.9. The van der Waals surface area contributed by atoms with Crippen molar-refractivity contribution in [1.82, 2.24) is 15.2 Å². The van der Waals surface area contributed by atoms with Gasteiger partial charge in [0.25, 0.3) is 0 Å². The van der Waals surface area contributed by atoms with Gasteiger partial charge in [-0.2, -0.15) is 0 Å². The Morgan fingerprint density at radius 3 is 2.95 bits per heavy atom. The predicted molar refractivity (Wildman–Crippen MR) is 75.0 cm³/mol. The number of methoxy groups -OCH3 is 1. The monoisotopic (exact) mass is 293 g/mol. The first-order chi connectivity index (χ1) is 10.1. The van der Waals surface area contributed by atoms with E-state index in [9.17, 15) is 9.59 Å². The number of aliphatic carboxylic acids is 1. The molecule has 0 saturated carbocycles. The van der Waals surface area contributed by atoms with E-state index in [0.717, 1.165) is 5.56 Å². The van der Waals surface area contributed by atoms with Crippen molar-refractivity contribution in [2.24, 2.45) is 5.92 Å². The number of urea groups is 1. The van der Waals surface area contributed by atoms with Gasteiger partial charge in [-0.3, -0.25) is 4.79 Å². The van der Waals surface area contributed by atoms with Crippen molar-refractivity contribution in [1.29, 1.82) is 0 Å². The molecular weight excluding hydrogens is 274 g/mol. The summed E-state index contributed by atoms with van der Waals surface area (Å²) in [5.74, 6) is -0.788. The van der Waals surface area contributed by atoms with Crippen LogP contribution in [0.25, 0.3) is 0 Å². The van der Waals surface area contributed by atoms with Gasteiger partial charge in [-0.05, 0) is 18.4 Å². The average Bonchev–Trinajstić information content (AvgIpc) is 2.53. The van der Waals surface area contributed by atoms with Crippen LogP contribution in [0.3, 0.4) is 0 Å². The lowest BCUT2D eigenvalue weighted by molar-refractivity contribution is -0.143. The maximum atomic E-state index is 12.0. The van der Waals surface area contributed by atoms with E-state index >= 15 is 0 Å². The molecule has 2 rings (SSSR count). The molecule has 1 fully saturated rings. The average molecular weight is 293 g/mol. The molecule has 2 amide bonds. The van der Waals surface area contributed by atoms with Gasteiger partial charge in [0, 0.05) is 31.9 Å². The van der Waals surface area contributed by atoms with Crippen LogP contribution in [0.2, 0.25) is 0 Å². The first-order valence-electron chi connectivity index (χ1n) is 6.84. The smallest absolute Gasteiger partial charge is 0.317 e. The highest BCUT2D eigenvalue weighted by Gasteiger charge is 2.27. The number of rotatable bonds is 4. The number of pyridine rings is 1. The van der Waals surface area contributed by atoms with Crippen LogP contribution >= 0.6 is 0 Å². The van der Waals surface area contributed by atoms with E-state index in [4.69, 9.17) is 9.84 Å². The molecule has 21 heavy (non-hydrogen) atoms. The number of hydrogen-bond acceptors (Lipinski definition) is 4. The Morgan fingerprint density at radius 1 is 1.52 bits per heavy atom. The maximum absolute atomic E-state index is 12.0. The summed E-state index contributed by atoms with van der Waals surface area (Å²) < 4.78 is 4.96. The number of nitrogens with zero attached hydrogens (tertiary/aromatic N) is 2. The molecule has 0 unspecified atom stereocenters. The van der Waals surface area contributed by atoms with Gasteiger partial charge in [-0.1, -0.05) is 6.07 Å². The molecule has 0 bridgehead atoms. The molecule has 1 aromatic rings. The van der Waals surface area contributed by atoms with Gasteiger partial charge in [-0.25, -0.2) is 9.78 Å². The molecule has 7 heteroatoms. The molecule has 2 heterocycles. The molecule has 7 nitrogen and oxygen atoms in total. The third-order valence-corrected chi connectivity index (χ3v) is 3.51. The second kappa shape index (κ2) is 6.92. The van der Waals surface area contributed by atoms with E-state index in [0.29, 0.717) is 31.8 Å². The number of nitrogens with one attached hydrogen (secondary N) is 1. The molecule has 0 spiro atoms. The summed E-state index contributed by atoms with van der Waals surface area (Å²) in [6.07, 6.45) is 2.98. The van der Waals surface area contributed by atoms with Gasteiger partial charge < -0.3 is 20.1 Å². The van der Waals surface area contributed by atoms with Crippen LogP contribution in [0.15, 0.2) is 18.3 Å². The number of carbonyl (C=O) groups excluding carboxylic acids is 1. The Balaban J connectivity index is 1.84. The van der Waals surface area contributed by atoms with E-state index < -0.39 is 11.9 Å². The van der Waals surface area contributed by atoms with Crippen molar-refractivity contribution in [3.8, 4) is 5.88 Å². The van der Waals surface area contributed by atoms with Crippen molar-refractivity contribution in [3.63, 3.8) is 0 Å². The van der Waals surface area contributed by atoms with Crippen LogP contribution in [0, 0.1) is 5.92 Å². The molecule has 1 atom stereocenters. The quantitative estimate of drug-likeness (QED) is 0.867. The van der Waals surface area contributed by atoms with Crippen LogP contribution in [-0.2, 0) is 11.3 Å².